The van der Waals surface area contributed by atoms with E-state index in [1.807, 2.05) is 7.05 Å². The molecule has 2 nitrogen and oxygen atoms in total. The lowest BCUT2D eigenvalue weighted by Gasteiger charge is -2.24. The minimum absolute atomic E-state index is 0.860. The van der Waals surface area contributed by atoms with Crippen LogP contribution in [0.1, 0.15) is 32.6 Å². The Kier molecular flexibility index (Phi) is 4.74. The Bertz CT molecular complexity index is 136. The smallest absolute Gasteiger partial charge is 0.0107 e. The maximum Gasteiger partial charge on any atom is 0.0107 e. The van der Waals surface area contributed by atoms with Gasteiger partial charge in [-0.2, -0.15) is 0 Å². The van der Waals surface area contributed by atoms with Gasteiger partial charge in [-0.25, -0.2) is 0 Å². The maximum absolute atomic E-state index is 3.21. The molecule has 1 aliphatic rings. The summed E-state index contributed by atoms with van der Waals surface area (Å²) in [5.74, 6) is 1.00. The van der Waals surface area contributed by atoms with Gasteiger partial charge in [0.1, 0.15) is 0 Å². The number of hydrogen-bond acceptors (Lipinski definition) is 2. The minimum atomic E-state index is 0.860. The average molecular weight is 184 g/mol. The lowest BCUT2D eigenvalue weighted by Crippen LogP contribution is -2.34. The third kappa shape index (κ3) is 3.28. The van der Waals surface area contributed by atoms with Gasteiger partial charge >= 0.3 is 0 Å². The van der Waals surface area contributed by atoms with Gasteiger partial charge in [0.15, 0.2) is 0 Å². The van der Waals surface area contributed by atoms with Gasteiger partial charge < -0.3 is 10.2 Å². The third-order valence-corrected chi connectivity index (χ3v) is 3.43. The van der Waals surface area contributed by atoms with Crippen LogP contribution in [0.15, 0.2) is 0 Å². The largest absolute Gasteiger partial charge is 0.318 e. The predicted octanol–water partition coefficient (Wildman–Crippen LogP) is 1.72. The van der Waals surface area contributed by atoms with Crippen molar-refractivity contribution in [1.82, 2.24) is 10.2 Å². The fraction of sp³-hybridized carbons (Fsp3) is 1.00. The third-order valence-electron chi connectivity index (χ3n) is 3.43. The van der Waals surface area contributed by atoms with E-state index in [1.54, 1.807) is 0 Å². The molecule has 13 heavy (non-hydrogen) atoms. The molecule has 1 aliphatic carbocycles. The Morgan fingerprint density at radius 2 is 2.15 bits per heavy atom. The Hall–Kier alpha value is -0.0800. The molecule has 1 fully saturated rings. The zero-order chi connectivity index (χ0) is 9.68. The molecule has 2 unspecified atom stereocenters. The predicted molar refractivity (Wildman–Crippen MR) is 58.0 cm³/mol. The molecule has 0 spiro atoms. The first-order chi connectivity index (χ1) is 6.27. The second kappa shape index (κ2) is 5.61. The van der Waals surface area contributed by atoms with Crippen LogP contribution >= 0.6 is 0 Å². The highest BCUT2D eigenvalue weighted by molar-refractivity contribution is 4.80. The van der Waals surface area contributed by atoms with E-state index in [1.165, 1.54) is 32.2 Å². The second-order valence-corrected chi connectivity index (χ2v) is 4.33. The van der Waals surface area contributed by atoms with Gasteiger partial charge in [-0.15, -0.1) is 0 Å². The second-order valence-electron chi connectivity index (χ2n) is 4.33. The summed E-state index contributed by atoms with van der Waals surface area (Å²) in [5, 5.41) is 3.21. The van der Waals surface area contributed by atoms with Crippen LogP contribution in [0.2, 0.25) is 0 Å². The maximum atomic E-state index is 3.21. The van der Waals surface area contributed by atoms with Crippen LogP contribution in [0.3, 0.4) is 0 Å². The summed E-state index contributed by atoms with van der Waals surface area (Å²) in [5.41, 5.74) is 0. The van der Waals surface area contributed by atoms with Gasteiger partial charge in [-0.1, -0.05) is 13.3 Å². The van der Waals surface area contributed by atoms with E-state index in [4.69, 9.17) is 0 Å². The molecule has 0 bridgehead atoms. The Labute approximate surface area is 82.7 Å². The Balaban J connectivity index is 2.20. The van der Waals surface area contributed by atoms with E-state index < -0.39 is 0 Å². The SMILES string of the molecule is CCC1CCC(N(C)CCNC)C1. The van der Waals surface area contributed by atoms with Crippen LogP contribution in [-0.2, 0) is 0 Å². The number of hydrogen-bond donors (Lipinski definition) is 1. The van der Waals surface area contributed by atoms with Crippen molar-refractivity contribution in [1.29, 1.82) is 0 Å². The van der Waals surface area contributed by atoms with Crippen LogP contribution in [0, 0.1) is 5.92 Å². The molecule has 0 saturated heterocycles. The zero-order valence-corrected chi connectivity index (χ0v) is 9.34. The van der Waals surface area contributed by atoms with E-state index >= 15 is 0 Å². The number of nitrogens with zero attached hydrogens (tertiary/aromatic N) is 1. The molecule has 0 aliphatic heterocycles. The van der Waals surface area contributed by atoms with Gasteiger partial charge in [-0.05, 0) is 39.3 Å². The fourth-order valence-electron chi connectivity index (χ4n) is 2.29. The van der Waals surface area contributed by atoms with Crippen LogP contribution in [-0.4, -0.2) is 38.1 Å². The standard InChI is InChI=1S/C11H24N2/c1-4-10-5-6-11(9-10)13(3)8-7-12-2/h10-12H,4-9H2,1-3H3. The summed E-state index contributed by atoms with van der Waals surface area (Å²) in [6, 6.07) is 0.860. The van der Waals surface area contributed by atoms with E-state index in [9.17, 15) is 0 Å². The van der Waals surface area contributed by atoms with E-state index in [0.29, 0.717) is 0 Å². The lowest BCUT2D eigenvalue weighted by atomic mass is 10.1. The van der Waals surface area contributed by atoms with Gasteiger partial charge in [-0.3, -0.25) is 0 Å². The highest BCUT2D eigenvalue weighted by Gasteiger charge is 2.25. The minimum Gasteiger partial charge on any atom is -0.318 e. The summed E-state index contributed by atoms with van der Waals surface area (Å²) < 4.78 is 0. The highest BCUT2D eigenvalue weighted by Crippen LogP contribution is 2.30. The Morgan fingerprint density at radius 1 is 1.38 bits per heavy atom. The lowest BCUT2D eigenvalue weighted by molar-refractivity contribution is 0.241. The Morgan fingerprint density at radius 3 is 2.69 bits per heavy atom. The van der Waals surface area contributed by atoms with Crippen molar-refractivity contribution >= 4 is 0 Å². The molecule has 2 heteroatoms. The first kappa shape index (κ1) is 11.0. The van der Waals surface area contributed by atoms with Crippen LogP contribution in [0.5, 0.6) is 0 Å². The summed E-state index contributed by atoms with van der Waals surface area (Å²) in [6.45, 7) is 4.63. The molecule has 0 aromatic rings. The van der Waals surface area contributed by atoms with E-state index in [-0.39, 0.29) is 0 Å². The van der Waals surface area contributed by atoms with Gasteiger partial charge in [0.2, 0.25) is 0 Å². The average Bonchev–Trinajstić information content (AvgIpc) is 2.62. The molecular formula is C11H24N2. The zero-order valence-electron chi connectivity index (χ0n) is 9.34. The number of nitrogens with one attached hydrogen (secondary N) is 1. The number of likely N-dealkylation sites (N-methyl/N-ethyl adjacent to an activating group) is 2. The molecule has 0 aromatic heterocycles. The normalized spacial score (nSPS) is 28.6. The molecular weight excluding hydrogens is 160 g/mol. The van der Waals surface area contributed by atoms with Crippen molar-refractivity contribution in [3.8, 4) is 0 Å². The summed E-state index contributed by atoms with van der Waals surface area (Å²) in [6.07, 6.45) is 5.66. The molecule has 0 heterocycles. The summed E-state index contributed by atoms with van der Waals surface area (Å²) >= 11 is 0. The topological polar surface area (TPSA) is 15.3 Å². The first-order valence-electron chi connectivity index (χ1n) is 5.62. The molecule has 0 amide bonds. The summed E-state index contributed by atoms with van der Waals surface area (Å²) in [7, 11) is 4.29. The molecule has 78 valence electrons. The quantitative estimate of drug-likeness (QED) is 0.700. The van der Waals surface area contributed by atoms with Gasteiger partial charge in [0.25, 0.3) is 0 Å². The van der Waals surface area contributed by atoms with Crippen molar-refractivity contribution in [2.45, 2.75) is 38.6 Å². The number of rotatable bonds is 5. The molecule has 0 aromatic carbocycles. The van der Waals surface area contributed by atoms with E-state index in [0.717, 1.165) is 18.5 Å². The van der Waals surface area contributed by atoms with Crippen LogP contribution < -0.4 is 5.32 Å². The molecule has 1 rings (SSSR count). The molecule has 2 atom stereocenters. The fourth-order valence-corrected chi connectivity index (χ4v) is 2.29. The van der Waals surface area contributed by atoms with E-state index in [2.05, 4.69) is 24.2 Å². The van der Waals surface area contributed by atoms with Crippen molar-refractivity contribution in [2.24, 2.45) is 5.92 Å². The van der Waals surface area contributed by atoms with Crippen LogP contribution in [0.25, 0.3) is 0 Å². The monoisotopic (exact) mass is 184 g/mol. The van der Waals surface area contributed by atoms with Gasteiger partial charge in [0, 0.05) is 19.1 Å². The van der Waals surface area contributed by atoms with Crippen LogP contribution in [0.4, 0.5) is 0 Å². The summed E-state index contributed by atoms with van der Waals surface area (Å²) in [4.78, 5) is 2.52. The molecule has 1 saturated carbocycles. The van der Waals surface area contributed by atoms with Crippen molar-refractivity contribution < 1.29 is 0 Å². The van der Waals surface area contributed by atoms with Gasteiger partial charge in [0.05, 0.1) is 0 Å². The molecule has 1 N–H and O–H groups in total. The highest BCUT2D eigenvalue weighted by atomic mass is 15.1. The van der Waals surface area contributed by atoms with Crippen molar-refractivity contribution in [3.05, 3.63) is 0 Å². The van der Waals surface area contributed by atoms with Crippen molar-refractivity contribution in [3.63, 3.8) is 0 Å². The molecule has 0 radical (unpaired) electrons. The van der Waals surface area contributed by atoms with Crippen molar-refractivity contribution in [2.75, 3.05) is 27.2 Å². The first-order valence-corrected chi connectivity index (χ1v) is 5.62.